The summed E-state index contributed by atoms with van der Waals surface area (Å²) in [6, 6.07) is 0. The Hall–Kier alpha value is -0.0800. The molecule has 43 valence electrons. The zero-order valence-corrected chi connectivity index (χ0v) is 4.68. The fourth-order valence-electron chi connectivity index (χ4n) is 0.365. The van der Waals surface area contributed by atoms with E-state index in [4.69, 9.17) is 10.2 Å². The predicted molar refractivity (Wildman–Crippen MR) is 27.4 cm³/mol. The zero-order chi connectivity index (χ0) is 5.86. The van der Waals surface area contributed by atoms with E-state index >= 15 is 0 Å². The first-order valence-electron chi connectivity index (χ1n) is 2.28. The van der Waals surface area contributed by atoms with Gasteiger partial charge < -0.3 is 10.2 Å². The van der Waals surface area contributed by atoms with Gasteiger partial charge in [-0.05, 0) is 5.92 Å². The summed E-state index contributed by atoms with van der Waals surface area (Å²) in [5.41, 5.74) is 0. The number of aliphatic hydroxyl groups excluding tert-OH is 1. The molecule has 0 unspecified atom stereocenters. The maximum absolute atomic E-state index is 8.26. The molecular weight excluding hydrogens is 92.1 g/mol. The summed E-state index contributed by atoms with van der Waals surface area (Å²) >= 11 is 0. The number of rotatable bonds is 2. The van der Waals surface area contributed by atoms with E-state index in [1.807, 2.05) is 13.8 Å². The summed E-state index contributed by atoms with van der Waals surface area (Å²) in [6.07, 6.45) is -0.773. The quantitative estimate of drug-likeness (QED) is 0.493. The van der Waals surface area contributed by atoms with Crippen LogP contribution in [-0.2, 0) is 0 Å². The van der Waals surface area contributed by atoms with Crippen LogP contribution in [0, 0.1) is 5.92 Å². The fraction of sp³-hybridized carbons (Fsp3) is 0.800. The van der Waals surface area contributed by atoms with Crippen LogP contribution >= 0.6 is 0 Å². The van der Waals surface area contributed by atoms with Gasteiger partial charge in [0.1, 0.15) is 0 Å². The topological polar surface area (TPSA) is 40.5 Å². The Bertz CT molecular complexity index is 35.3. The van der Waals surface area contributed by atoms with Crippen molar-refractivity contribution >= 4 is 0 Å². The van der Waals surface area contributed by atoms with Gasteiger partial charge in [0.2, 0.25) is 0 Å². The highest BCUT2D eigenvalue weighted by molar-refractivity contribution is 4.76. The molecule has 2 N–H and O–H groups in total. The summed E-state index contributed by atoms with van der Waals surface area (Å²) in [5, 5.41) is 16.5. The molecule has 2 nitrogen and oxygen atoms in total. The highest BCUT2D eigenvalue weighted by atomic mass is 16.5. The first kappa shape index (κ1) is 6.92. The van der Waals surface area contributed by atoms with Gasteiger partial charge in [0.25, 0.3) is 0 Å². The molecule has 0 saturated carbocycles. The average Bonchev–Trinajstić information content (AvgIpc) is 1.27. The monoisotopic (exact) mass is 103 g/mol. The Morgan fingerprint density at radius 3 is 1.86 bits per heavy atom. The first-order chi connectivity index (χ1) is 3.13. The van der Waals surface area contributed by atoms with Crippen molar-refractivity contribution in [3.05, 3.63) is 5.92 Å². The molecule has 0 aromatic carbocycles. The van der Waals surface area contributed by atoms with Crippen molar-refractivity contribution in [1.82, 2.24) is 0 Å². The van der Waals surface area contributed by atoms with E-state index in [-0.39, 0.29) is 0 Å². The molecule has 0 atom stereocenters. The van der Waals surface area contributed by atoms with E-state index in [1.54, 1.807) is 0 Å². The standard InChI is InChI=1S/C5H11O2/c1-4(2)3-5(6)7/h5-7H,3H2,1-2H3. The van der Waals surface area contributed by atoms with Crippen LogP contribution in [0.3, 0.4) is 0 Å². The van der Waals surface area contributed by atoms with Gasteiger partial charge in [-0.15, -0.1) is 0 Å². The molecule has 0 fully saturated rings. The average molecular weight is 103 g/mol. The molecule has 0 rings (SSSR count). The maximum atomic E-state index is 8.26. The lowest BCUT2D eigenvalue weighted by molar-refractivity contribution is -0.0416. The van der Waals surface area contributed by atoms with Gasteiger partial charge in [0, 0.05) is 6.42 Å². The Balaban J connectivity index is 2.95. The van der Waals surface area contributed by atoms with Crippen molar-refractivity contribution in [1.29, 1.82) is 0 Å². The smallest absolute Gasteiger partial charge is 0.151 e. The molecule has 0 aromatic rings. The first-order valence-corrected chi connectivity index (χ1v) is 2.28. The second kappa shape index (κ2) is 2.99. The van der Waals surface area contributed by atoms with Crippen LogP contribution in [0.2, 0.25) is 0 Å². The minimum absolute atomic E-state index is 0.389. The summed E-state index contributed by atoms with van der Waals surface area (Å²) in [4.78, 5) is 0. The normalized spacial score (nSPS) is 11.1. The van der Waals surface area contributed by atoms with Gasteiger partial charge >= 0.3 is 0 Å². The summed E-state index contributed by atoms with van der Waals surface area (Å²) in [6.45, 7) is 3.72. The molecule has 0 aromatic heterocycles. The number of hydrogen-bond donors (Lipinski definition) is 2. The van der Waals surface area contributed by atoms with Crippen LogP contribution in [0.5, 0.6) is 0 Å². The van der Waals surface area contributed by atoms with Gasteiger partial charge in [-0.25, -0.2) is 0 Å². The van der Waals surface area contributed by atoms with Crippen molar-refractivity contribution in [2.75, 3.05) is 0 Å². The number of aliphatic hydroxyl groups is 2. The third-order valence-electron chi connectivity index (χ3n) is 0.591. The van der Waals surface area contributed by atoms with E-state index in [1.165, 1.54) is 0 Å². The largest absolute Gasteiger partial charge is 0.368 e. The van der Waals surface area contributed by atoms with Crippen LogP contribution < -0.4 is 0 Å². The Labute approximate surface area is 43.8 Å². The van der Waals surface area contributed by atoms with Crippen LogP contribution in [0.15, 0.2) is 0 Å². The molecule has 0 spiro atoms. The molecule has 0 heterocycles. The van der Waals surface area contributed by atoms with Crippen molar-refractivity contribution in [3.63, 3.8) is 0 Å². The molecule has 0 aliphatic heterocycles. The lowest BCUT2D eigenvalue weighted by Gasteiger charge is -2.03. The highest BCUT2D eigenvalue weighted by Crippen LogP contribution is 2.02. The van der Waals surface area contributed by atoms with Crippen LogP contribution in [-0.4, -0.2) is 16.5 Å². The molecule has 7 heavy (non-hydrogen) atoms. The van der Waals surface area contributed by atoms with Crippen molar-refractivity contribution in [2.24, 2.45) is 0 Å². The van der Waals surface area contributed by atoms with Crippen molar-refractivity contribution in [2.45, 2.75) is 26.6 Å². The lowest BCUT2D eigenvalue weighted by atomic mass is 10.1. The van der Waals surface area contributed by atoms with Crippen LogP contribution in [0.4, 0.5) is 0 Å². The van der Waals surface area contributed by atoms with Crippen LogP contribution in [0.1, 0.15) is 20.3 Å². The summed E-state index contributed by atoms with van der Waals surface area (Å²) < 4.78 is 0. The Morgan fingerprint density at radius 2 is 1.86 bits per heavy atom. The minimum atomic E-state index is -1.16. The molecule has 0 amide bonds. The molecule has 0 aliphatic carbocycles. The molecule has 2 heteroatoms. The van der Waals surface area contributed by atoms with E-state index in [9.17, 15) is 0 Å². The molecule has 1 radical (unpaired) electrons. The molecule has 0 saturated heterocycles. The van der Waals surface area contributed by atoms with E-state index in [0.29, 0.717) is 6.42 Å². The SMILES string of the molecule is C[C](C)CC(O)O. The minimum Gasteiger partial charge on any atom is -0.368 e. The van der Waals surface area contributed by atoms with Gasteiger partial charge in [0.15, 0.2) is 6.29 Å². The third-order valence-corrected chi connectivity index (χ3v) is 0.591. The van der Waals surface area contributed by atoms with E-state index in [0.717, 1.165) is 5.92 Å². The number of hydrogen-bond acceptors (Lipinski definition) is 2. The summed E-state index contributed by atoms with van der Waals surface area (Å²) in [5.74, 6) is 1.04. The Morgan fingerprint density at radius 1 is 1.43 bits per heavy atom. The molecule has 0 bridgehead atoms. The van der Waals surface area contributed by atoms with E-state index in [2.05, 4.69) is 0 Å². The van der Waals surface area contributed by atoms with Crippen molar-refractivity contribution < 1.29 is 10.2 Å². The van der Waals surface area contributed by atoms with Gasteiger partial charge in [-0.2, -0.15) is 0 Å². The van der Waals surface area contributed by atoms with Gasteiger partial charge in [0.05, 0.1) is 0 Å². The second-order valence-electron chi connectivity index (χ2n) is 1.89. The maximum Gasteiger partial charge on any atom is 0.151 e. The van der Waals surface area contributed by atoms with E-state index < -0.39 is 6.29 Å². The van der Waals surface area contributed by atoms with Gasteiger partial charge in [-0.3, -0.25) is 0 Å². The van der Waals surface area contributed by atoms with Gasteiger partial charge in [-0.1, -0.05) is 13.8 Å². The highest BCUT2D eigenvalue weighted by Gasteiger charge is 1.99. The third kappa shape index (κ3) is 5.92. The molecule has 0 aliphatic rings. The molecular formula is C5H11O2. The second-order valence-corrected chi connectivity index (χ2v) is 1.89. The van der Waals surface area contributed by atoms with Crippen molar-refractivity contribution in [3.8, 4) is 0 Å². The summed E-state index contributed by atoms with van der Waals surface area (Å²) in [7, 11) is 0. The Kier molecular flexibility index (Phi) is 2.96. The lowest BCUT2D eigenvalue weighted by Crippen LogP contribution is -2.06. The predicted octanol–water partition coefficient (Wildman–Crippen LogP) is 0.301. The van der Waals surface area contributed by atoms with Crippen LogP contribution in [0.25, 0.3) is 0 Å². The zero-order valence-electron chi connectivity index (χ0n) is 4.68. The fourth-order valence-corrected chi connectivity index (χ4v) is 0.365.